The first-order valence-electron chi connectivity index (χ1n) is 8.96. The van der Waals surface area contributed by atoms with Gasteiger partial charge in [-0.2, -0.15) is 0 Å². The van der Waals surface area contributed by atoms with E-state index >= 15 is 0 Å². The van der Waals surface area contributed by atoms with Crippen molar-refractivity contribution < 1.29 is 0 Å². The normalized spacial score (nSPS) is 12.0. The lowest BCUT2D eigenvalue weighted by atomic mass is 9.91. The number of nitrogens with two attached hydrogens (primary N) is 1. The molecule has 0 spiro atoms. The predicted octanol–water partition coefficient (Wildman–Crippen LogP) is 5.49. The van der Waals surface area contributed by atoms with Gasteiger partial charge in [-0.05, 0) is 43.1 Å². The van der Waals surface area contributed by atoms with Crippen molar-refractivity contribution in [1.82, 2.24) is 4.90 Å². The maximum atomic E-state index is 6.05. The molecule has 0 amide bonds. The molecule has 2 nitrogen and oxygen atoms in total. The SMILES string of the molecule is C=C(CCc1ccccc1)CN(C(=C)N)C(=C)C(CC)CC(C)C. The third kappa shape index (κ3) is 6.66. The first-order valence-corrected chi connectivity index (χ1v) is 8.96. The lowest BCUT2D eigenvalue weighted by Crippen LogP contribution is -2.31. The first-order chi connectivity index (χ1) is 11.3. The molecule has 0 saturated heterocycles. The smallest absolute Gasteiger partial charge is 0.0957 e. The fraction of sp³-hybridized carbons (Fsp3) is 0.455. The number of allylic oxidation sites excluding steroid dienone is 1. The van der Waals surface area contributed by atoms with Gasteiger partial charge in [0.1, 0.15) is 0 Å². The molecule has 1 aromatic carbocycles. The Balaban J connectivity index is 2.65. The van der Waals surface area contributed by atoms with Crippen LogP contribution in [0.25, 0.3) is 0 Å². The van der Waals surface area contributed by atoms with E-state index in [4.69, 9.17) is 5.73 Å². The van der Waals surface area contributed by atoms with Gasteiger partial charge in [-0.1, -0.05) is 76.4 Å². The number of nitrogens with zero attached hydrogens (tertiary/aromatic N) is 1. The minimum atomic E-state index is 0.437. The number of rotatable bonds is 11. The summed E-state index contributed by atoms with van der Waals surface area (Å²) in [6.45, 7) is 19.9. The number of hydrogen-bond donors (Lipinski definition) is 1. The molecule has 1 aromatic rings. The molecule has 0 fully saturated rings. The van der Waals surface area contributed by atoms with E-state index in [0.29, 0.717) is 24.2 Å². The molecular formula is C22H34N2. The molecule has 0 radical (unpaired) electrons. The molecule has 0 aliphatic carbocycles. The highest BCUT2D eigenvalue weighted by Crippen LogP contribution is 2.27. The Bertz CT molecular complexity index is 542. The summed E-state index contributed by atoms with van der Waals surface area (Å²) < 4.78 is 0. The number of benzene rings is 1. The highest BCUT2D eigenvalue weighted by molar-refractivity contribution is 5.18. The van der Waals surface area contributed by atoms with Crippen LogP contribution in [0.1, 0.15) is 45.6 Å². The van der Waals surface area contributed by atoms with Crippen molar-refractivity contribution in [3.8, 4) is 0 Å². The van der Waals surface area contributed by atoms with Gasteiger partial charge in [-0.3, -0.25) is 0 Å². The van der Waals surface area contributed by atoms with E-state index in [1.165, 1.54) is 5.56 Å². The highest BCUT2D eigenvalue weighted by atomic mass is 15.2. The zero-order valence-corrected chi connectivity index (χ0v) is 15.7. The summed E-state index contributed by atoms with van der Waals surface area (Å²) in [4.78, 5) is 2.05. The zero-order valence-electron chi connectivity index (χ0n) is 15.7. The maximum Gasteiger partial charge on any atom is 0.0957 e. The average molecular weight is 327 g/mol. The van der Waals surface area contributed by atoms with Gasteiger partial charge in [0.15, 0.2) is 0 Å². The fourth-order valence-corrected chi connectivity index (χ4v) is 2.98. The van der Waals surface area contributed by atoms with E-state index in [0.717, 1.165) is 37.0 Å². The Labute approximate surface area is 148 Å². The third-order valence-electron chi connectivity index (χ3n) is 4.41. The summed E-state index contributed by atoms with van der Waals surface area (Å²) in [5.74, 6) is 1.64. The lowest BCUT2D eigenvalue weighted by Gasteiger charge is -2.32. The summed E-state index contributed by atoms with van der Waals surface area (Å²) >= 11 is 0. The van der Waals surface area contributed by atoms with E-state index in [-0.39, 0.29) is 0 Å². The Morgan fingerprint density at radius 1 is 1.12 bits per heavy atom. The fourth-order valence-electron chi connectivity index (χ4n) is 2.98. The van der Waals surface area contributed by atoms with Crippen LogP contribution in [0.4, 0.5) is 0 Å². The van der Waals surface area contributed by atoms with Crippen LogP contribution in [0.5, 0.6) is 0 Å². The van der Waals surface area contributed by atoms with Crippen LogP contribution in [0.15, 0.2) is 67.2 Å². The molecule has 0 saturated carbocycles. The van der Waals surface area contributed by atoms with Crippen molar-refractivity contribution in [2.75, 3.05) is 6.54 Å². The van der Waals surface area contributed by atoms with Crippen LogP contribution < -0.4 is 5.73 Å². The molecule has 0 aliphatic rings. The Morgan fingerprint density at radius 3 is 2.25 bits per heavy atom. The minimum absolute atomic E-state index is 0.437. The monoisotopic (exact) mass is 326 g/mol. The quantitative estimate of drug-likeness (QED) is 0.545. The second kappa shape index (κ2) is 10.0. The molecule has 0 aromatic heterocycles. The largest absolute Gasteiger partial charge is 0.386 e. The molecule has 0 heterocycles. The summed E-state index contributed by atoms with van der Waals surface area (Å²) in [5.41, 5.74) is 9.61. The molecule has 24 heavy (non-hydrogen) atoms. The molecule has 132 valence electrons. The molecule has 2 heteroatoms. The van der Waals surface area contributed by atoms with Gasteiger partial charge < -0.3 is 10.6 Å². The number of hydrogen-bond acceptors (Lipinski definition) is 2. The maximum absolute atomic E-state index is 6.05. The van der Waals surface area contributed by atoms with Gasteiger partial charge in [0.25, 0.3) is 0 Å². The minimum Gasteiger partial charge on any atom is -0.386 e. The van der Waals surface area contributed by atoms with Crippen molar-refractivity contribution in [2.24, 2.45) is 17.6 Å². The van der Waals surface area contributed by atoms with E-state index in [2.05, 4.69) is 64.8 Å². The van der Waals surface area contributed by atoms with E-state index < -0.39 is 0 Å². The molecule has 1 rings (SSSR count). The second-order valence-electron chi connectivity index (χ2n) is 7.04. The van der Waals surface area contributed by atoms with Crippen molar-refractivity contribution in [3.05, 3.63) is 72.7 Å². The van der Waals surface area contributed by atoms with Crippen LogP contribution in [0.3, 0.4) is 0 Å². The molecule has 2 N–H and O–H groups in total. The summed E-state index contributed by atoms with van der Waals surface area (Å²) in [7, 11) is 0. The Hall–Kier alpha value is -1.96. The average Bonchev–Trinajstić information content (AvgIpc) is 2.55. The molecule has 1 unspecified atom stereocenters. The van der Waals surface area contributed by atoms with Gasteiger partial charge in [0.05, 0.1) is 5.82 Å². The van der Waals surface area contributed by atoms with Crippen LogP contribution in [0, 0.1) is 11.8 Å². The van der Waals surface area contributed by atoms with Crippen LogP contribution >= 0.6 is 0 Å². The Morgan fingerprint density at radius 2 is 1.75 bits per heavy atom. The molecule has 0 aliphatic heterocycles. The van der Waals surface area contributed by atoms with E-state index in [1.54, 1.807) is 0 Å². The van der Waals surface area contributed by atoms with E-state index in [9.17, 15) is 0 Å². The predicted molar refractivity (Wildman–Crippen MR) is 106 cm³/mol. The topological polar surface area (TPSA) is 29.3 Å². The van der Waals surface area contributed by atoms with Crippen LogP contribution in [-0.2, 0) is 6.42 Å². The molecule has 0 bridgehead atoms. The van der Waals surface area contributed by atoms with Gasteiger partial charge in [-0.25, -0.2) is 0 Å². The summed E-state index contributed by atoms with van der Waals surface area (Å²) in [6, 6.07) is 10.5. The number of aryl methyl sites for hydroxylation is 1. The lowest BCUT2D eigenvalue weighted by molar-refractivity contribution is 0.340. The van der Waals surface area contributed by atoms with Crippen molar-refractivity contribution in [1.29, 1.82) is 0 Å². The zero-order chi connectivity index (χ0) is 18.1. The van der Waals surface area contributed by atoms with Crippen molar-refractivity contribution in [3.63, 3.8) is 0 Å². The van der Waals surface area contributed by atoms with E-state index in [1.807, 2.05) is 11.0 Å². The summed E-state index contributed by atoms with van der Waals surface area (Å²) in [6.07, 6.45) is 4.13. The Kier molecular flexibility index (Phi) is 8.39. The standard InChI is InChI=1S/C22H34N2/c1-7-22(15-17(2)3)19(5)24(20(6)23)16-18(4)13-14-21-11-9-8-10-12-21/h8-12,17,22H,4-7,13-16,23H2,1-3H3. The van der Waals surface area contributed by atoms with Crippen LogP contribution in [0.2, 0.25) is 0 Å². The van der Waals surface area contributed by atoms with Gasteiger partial charge in [0.2, 0.25) is 0 Å². The van der Waals surface area contributed by atoms with Gasteiger partial charge >= 0.3 is 0 Å². The summed E-state index contributed by atoms with van der Waals surface area (Å²) in [5, 5.41) is 0. The molecule has 1 atom stereocenters. The van der Waals surface area contributed by atoms with Gasteiger partial charge in [-0.15, -0.1) is 0 Å². The van der Waals surface area contributed by atoms with Crippen molar-refractivity contribution in [2.45, 2.75) is 46.5 Å². The van der Waals surface area contributed by atoms with Crippen LogP contribution in [-0.4, -0.2) is 11.4 Å². The first kappa shape index (κ1) is 20.1. The van der Waals surface area contributed by atoms with Crippen molar-refractivity contribution >= 4 is 0 Å². The molecular weight excluding hydrogens is 292 g/mol. The third-order valence-corrected chi connectivity index (χ3v) is 4.41. The second-order valence-corrected chi connectivity index (χ2v) is 7.04. The van der Waals surface area contributed by atoms with Gasteiger partial charge in [0, 0.05) is 12.2 Å². The highest BCUT2D eigenvalue weighted by Gasteiger charge is 2.19.